The van der Waals surface area contributed by atoms with Crippen LogP contribution in [-0.2, 0) is 11.3 Å². The third-order valence-corrected chi connectivity index (χ3v) is 8.10. The Hall–Kier alpha value is -2.68. The van der Waals surface area contributed by atoms with Crippen molar-refractivity contribution in [3.8, 4) is 0 Å². The Balaban J connectivity index is 1.57. The van der Waals surface area contributed by atoms with Crippen LogP contribution < -0.4 is 10.5 Å². The molecule has 9 heteroatoms. The number of pyridine rings is 1. The summed E-state index contributed by atoms with van der Waals surface area (Å²) in [6.07, 6.45) is 4.51. The largest absolute Gasteiger partial charge is 0.355 e. The van der Waals surface area contributed by atoms with Crippen LogP contribution in [0.4, 0.5) is 5.82 Å². The van der Waals surface area contributed by atoms with Gasteiger partial charge in [-0.05, 0) is 48.1 Å². The Labute approximate surface area is 218 Å². The van der Waals surface area contributed by atoms with Gasteiger partial charge in [-0.3, -0.25) is 18.9 Å². The van der Waals surface area contributed by atoms with Crippen molar-refractivity contribution in [2.45, 2.75) is 26.8 Å². The average molecular weight is 525 g/mol. The molecule has 0 N–H and O–H groups in total. The number of hydrogen-bond donors (Lipinski definition) is 0. The lowest BCUT2D eigenvalue weighted by Crippen LogP contribution is -2.40. The van der Waals surface area contributed by atoms with E-state index in [0.29, 0.717) is 43.1 Å². The highest BCUT2D eigenvalue weighted by molar-refractivity contribution is 8.26. The van der Waals surface area contributed by atoms with Crippen molar-refractivity contribution in [2.24, 2.45) is 11.8 Å². The number of thioether (sulfide) groups is 1. The first-order chi connectivity index (χ1) is 16.8. The summed E-state index contributed by atoms with van der Waals surface area (Å²) < 4.78 is 1.97. The molecule has 0 radical (unpaired) electrons. The highest BCUT2D eigenvalue weighted by Gasteiger charge is 2.34. The van der Waals surface area contributed by atoms with Gasteiger partial charge in [0.1, 0.15) is 15.8 Å². The van der Waals surface area contributed by atoms with Gasteiger partial charge < -0.3 is 4.90 Å². The van der Waals surface area contributed by atoms with E-state index >= 15 is 0 Å². The summed E-state index contributed by atoms with van der Waals surface area (Å²) in [5.41, 5.74) is 1.61. The predicted octanol–water partition coefficient (Wildman–Crippen LogP) is 5.23. The number of thiocarbonyl (C=S) groups is 1. The van der Waals surface area contributed by atoms with E-state index in [1.165, 1.54) is 21.1 Å². The molecule has 0 aliphatic carbocycles. The molecule has 0 saturated carbocycles. The maximum atomic E-state index is 13.6. The highest BCUT2D eigenvalue weighted by atomic mass is 35.5. The van der Waals surface area contributed by atoms with Crippen molar-refractivity contribution in [1.82, 2.24) is 14.3 Å². The van der Waals surface area contributed by atoms with Crippen LogP contribution in [0.3, 0.4) is 0 Å². The molecule has 2 fully saturated rings. The maximum Gasteiger partial charge on any atom is 0.267 e. The molecule has 3 aromatic rings. The van der Waals surface area contributed by atoms with Crippen LogP contribution in [0.15, 0.2) is 58.4 Å². The fraction of sp³-hybridized carbons (Fsp3) is 0.308. The van der Waals surface area contributed by atoms with Gasteiger partial charge in [0.15, 0.2) is 0 Å². The minimum atomic E-state index is -0.233. The standard InChI is InChI=1S/C26H25ClN4O2S2/c1-16-11-17(2)14-29(13-16)23-19(24(32)30-10-6-5-9-22(30)28-23)12-21-25(33)31(26(34)35-21)15-18-7-3-4-8-20(18)27/h3-10,12,16-17H,11,13-15H2,1-2H3. The molecule has 0 spiro atoms. The second kappa shape index (κ2) is 9.76. The number of amides is 1. The number of rotatable bonds is 4. The van der Waals surface area contributed by atoms with Gasteiger partial charge in [0.05, 0.1) is 17.0 Å². The number of benzene rings is 1. The summed E-state index contributed by atoms with van der Waals surface area (Å²) in [5, 5.41) is 0.582. The Morgan fingerprint density at radius 2 is 1.83 bits per heavy atom. The van der Waals surface area contributed by atoms with Crippen molar-refractivity contribution in [2.75, 3.05) is 18.0 Å². The van der Waals surface area contributed by atoms with Gasteiger partial charge >= 0.3 is 0 Å². The number of anilines is 1. The highest BCUT2D eigenvalue weighted by Crippen LogP contribution is 2.36. The van der Waals surface area contributed by atoms with E-state index in [2.05, 4.69) is 18.7 Å². The molecule has 2 atom stereocenters. The summed E-state index contributed by atoms with van der Waals surface area (Å²) in [5.74, 6) is 1.35. The van der Waals surface area contributed by atoms with Gasteiger partial charge in [0.25, 0.3) is 11.5 Å². The monoisotopic (exact) mass is 524 g/mol. The second-order valence-corrected chi connectivity index (χ2v) is 11.4. The van der Waals surface area contributed by atoms with Crippen molar-refractivity contribution in [3.63, 3.8) is 0 Å². The molecule has 0 bridgehead atoms. The van der Waals surface area contributed by atoms with E-state index < -0.39 is 0 Å². The van der Waals surface area contributed by atoms with E-state index in [9.17, 15) is 9.59 Å². The molecule has 4 heterocycles. The Morgan fingerprint density at radius 3 is 2.57 bits per heavy atom. The molecule has 5 rings (SSSR count). The topological polar surface area (TPSA) is 57.9 Å². The van der Waals surface area contributed by atoms with E-state index in [-0.39, 0.29) is 18.0 Å². The summed E-state index contributed by atoms with van der Waals surface area (Å²) in [4.78, 5) is 36.0. The lowest BCUT2D eigenvalue weighted by atomic mass is 9.91. The van der Waals surface area contributed by atoms with Gasteiger partial charge in [-0.1, -0.05) is 73.7 Å². The summed E-state index contributed by atoms with van der Waals surface area (Å²) >= 11 is 13.0. The molecule has 1 aromatic carbocycles. The van der Waals surface area contributed by atoms with Crippen molar-refractivity contribution in [3.05, 3.63) is 80.1 Å². The molecule has 1 amide bonds. The molecule has 2 aromatic heterocycles. The Bertz CT molecular complexity index is 1410. The molecular weight excluding hydrogens is 500 g/mol. The summed E-state index contributed by atoms with van der Waals surface area (Å²) in [6.45, 7) is 6.35. The lowest BCUT2D eigenvalue weighted by Gasteiger charge is -2.36. The third-order valence-electron chi connectivity index (χ3n) is 6.35. The number of hydrogen-bond acceptors (Lipinski definition) is 6. The van der Waals surface area contributed by atoms with Crippen LogP contribution in [0.25, 0.3) is 11.7 Å². The average Bonchev–Trinajstić information content (AvgIpc) is 3.09. The normalized spacial score (nSPS) is 22.0. The maximum absolute atomic E-state index is 13.6. The smallest absolute Gasteiger partial charge is 0.267 e. The molecule has 2 unspecified atom stereocenters. The number of fused-ring (bicyclic) bond motifs is 1. The predicted molar refractivity (Wildman–Crippen MR) is 147 cm³/mol. The number of aromatic nitrogens is 2. The van der Waals surface area contributed by atoms with Gasteiger partial charge in [0, 0.05) is 24.3 Å². The van der Waals surface area contributed by atoms with E-state index in [1.807, 2.05) is 30.3 Å². The molecule has 6 nitrogen and oxygen atoms in total. The van der Waals surface area contributed by atoms with Gasteiger partial charge in [0.2, 0.25) is 0 Å². The molecular formula is C26H25ClN4O2S2. The molecule has 2 saturated heterocycles. The zero-order valence-corrected chi connectivity index (χ0v) is 21.9. The number of piperidine rings is 1. The van der Waals surface area contributed by atoms with Crippen LogP contribution in [0, 0.1) is 11.8 Å². The first kappa shape index (κ1) is 24.0. The number of halogens is 1. The minimum absolute atomic E-state index is 0.201. The minimum Gasteiger partial charge on any atom is -0.355 e. The van der Waals surface area contributed by atoms with Crippen LogP contribution in [0.1, 0.15) is 31.4 Å². The quantitative estimate of drug-likeness (QED) is 0.344. The number of carbonyl (C=O) groups is 1. The van der Waals surface area contributed by atoms with Gasteiger partial charge in [-0.2, -0.15) is 0 Å². The fourth-order valence-corrected chi connectivity index (χ4v) is 6.29. The van der Waals surface area contributed by atoms with E-state index in [1.54, 1.807) is 24.4 Å². The summed E-state index contributed by atoms with van der Waals surface area (Å²) in [7, 11) is 0. The molecule has 35 heavy (non-hydrogen) atoms. The first-order valence-corrected chi connectivity index (χ1v) is 13.2. The Kier molecular flexibility index (Phi) is 6.70. The lowest BCUT2D eigenvalue weighted by molar-refractivity contribution is -0.122. The van der Waals surface area contributed by atoms with Crippen LogP contribution >= 0.6 is 35.6 Å². The summed E-state index contributed by atoms with van der Waals surface area (Å²) in [6, 6.07) is 12.9. The van der Waals surface area contributed by atoms with E-state index in [0.717, 1.165) is 25.1 Å². The van der Waals surface area contributed by atoms with Crippen LogP contribution in [-0.4, -0.2) is 37.6 Å². The third kappa shape index (κ3) is 4.75. The van der Waals surface area contributed by atoms with Crippen molar-refractivity contribution < 1.29 is 4.79 Å². The number of nitrogens with zero attached hydrogens (tertiary/aromatic N) is 4. The van der Waals surface area contributed by atoms with Crippen LogP contribution in [0.2, 0.25) is 5.02 Å². The van der Waals surface area contributed by atoms with Crippen molar-refractivity contribution >= 4 is 63.3 Å². The fourth-order valence-electron chi connectivity index (χ4n) is 4.86. The van der Waals surface area contributed by atoms with Crippen molar-refractivity contribution in [1.29, 1.82) is 0 Å². The Morgan fingerprint density at radius 1 is 1.11 bits per heavy atom. The second-order valence-electron chi connectivity index (χ2n) is 9.29. The van der Waals surface area contributed by atoms with Gasteiger partial charge in [-0.15, -0.1) is 0 Å². The SMILES string of the molecule is CC1CC(C)CN(c2nc3ccccn3c(=O)c2C=C2SC(=S)N(Cc3ccccc3Cl)C2=O)C1. The molecule has 2 aliphatic rings. The first-order valence-electron chi connectivity index (χ1n) is 11.6. The van der Waals surface area contributed by atoms with Crippen LogP contribution in [0.5, 0.6) is 0 Å². The molecule has 2 aliphatic heterocycles. The van der Waals surface area contributed by atoms with E-state index in [4.69, 9.17) is 28.8 Å². The number of carbonyl (C=O) groups excluding carboxylic acids is 1. The zero-order valence-electron chi connectivity index (χ0n) is 19.5. The van der Waals surface area contributed by atoms with Gasteiger partial charge in [-0.25, -0.2) is 4.98 Å². The zero-order chi connectivity index (χ0) is 24.7. The molecule has 180 valence electrons.